The molecule has 5 rings (SSSR count). The van der Waals surface area contributed by atoms with E-state index in [-0.39, 0.29) is 11.5 Å². The Morgan fingerprint density at radius 1 is 1.17 bits per heavy atom. The van der Waals surface area contributed by atoms with E-state index in [9.17, 15) is 4.79 Å². The first kappa shape index (κ1) is 19.4. The van der Waals surface area contributed by atoms with Gasteiger partial charge in [0.2, 0.25) is 5.91 Å². The third-order valence-electron chi connectivity index (χ3n) is 6.59. The number of aromatic nitrogens is 1. The van der Waals surface area contributed by atoms with Crippen LogP contribution >= 0.6 is 11.6 Å². The number of likely N-dealkylation sites (tertiary alicyclic amines) is 1. The van der Waals surface area contributed by atoms with Crippen molar-refractivity contribution in [3.63, 3.8) is 0 Å². The van der Waals surface area contributed by atoms with Gasteiger partial charge >= 0.3 is 0 Å². The summed E-state index contributed by atoms with van der Waals surface area (Å²) < 4.78 is 6.53. The number of pyridine rings is 1. The number of halogens is 1. The van der Waals surface area contributed by atoms with Gasteiger partial charge in [-0.1, -0.05) is 42.8 Å². The van der Waals surface area contributed by atoms with E-state index < -0.39 is 0 Å². The summed E-state index contributed by atoms with van der Waals surface area (Å²) in [5.74, 6) is 1.21. The molecule has 2 aliphatic heterocycles. The molecular formula is C25H25ClN2O2. The molecule has 0 atom stereocenters. The van der Waals surface area contributed by atoms with Gasteiger partial charge in [-0.3, -0.25) is 9.78 Å². The zero-order valence-corrected chi connectivity index (χ0v) is 17.9. The van der Waals surface area contributed by atoms with Crippen LogP contribution in [0.5, 0.6) is 5.75 Å². The fourth-order valence-electron chi connectivity index (χ4n) is 4.76. The summed E-state index contributed by atoms with van der Waals surface area (Å²) in [7, 11) is 0. The van der Waals surface area contributed by atoms with Gasteiger partial charge in [0.05, 0.1) is 10.5 Å². The molecule has 3 heterocycles. The van der Waals surface area contributed by atoms with E-state index in [0.717, 1.165) is 66.6 Å². The number of benzene rings is 2. The molecule has 2 aromatic carbocycles. The Hall–Kier alpha value is -2.59. The van der Waals surface area contributed by atoms with E-state index in [0.29, 0.717) is 11.4 Å². The molecule has 0 bridgehead atoms. The van der Waals surface area contributed by atoms with Crippen molar-refractivity contribution >= 4 is 28.4 Å². The number of hydrogen-bond donors (Lipinski definition) is 0. The lowest BCUT2D eigenvalue weighted by Crippen LogP contribution is -2.51. The highest BCUT2D eigenvalue weighted by Gasteiger charge is 2.40. The van der Waals surface area contributed by atoms with E-state index in [4.69, 9.17) is 16.3 Å². The zero-order chi connectivity index (χ0) is 20.7. The van der Waals surface area contributed by atoms with Crippen LogP contribution in [0.25, 0.3) is 22.0 Å². The monoisotopic (exact) mass is 420 g/mol. The number of fused-ring (bicyclic) bond motifs is 2. The summed E-state index contributed by atoms with van der Waals surface area (Å²) in [5, 5.41) is 1.73. The number of nitrogens with zero attached hydrogens (tertiary/aromatic N) is 2. The van der Waals surface area contributed by atoms with Crippen LogP contribution in [0.15, 0.2) is 48.7 Å². The Morgan fingerprint density at radius 2 is 2.00 bits per heavy atom. The number of carbonyl (C=O) groups excluding carboxylic acids is 1. The van der Waals surface area contributed by atoms with Gasteiger partial charge in [-0.15, -0.1) is 0 Å². The average Bonchev–Trinajstić information content (AvgIpc) is 2.79. The van der Waals surface area contributed by atoms with Crippen LogP contribution in [0.3, 0.4) is 0 Å². The van der Waals surface area contributed by atoms with Crippen LogP contribution in [-0.4, -0.2) is 34.5 Å². The average molecular weight is 421 g/mol. The maximum Gasteiger partial charge on any atom is 0.222 e. The molecule has 1 fully saturated rings. The Bertz CT molecular complexity index is 1120. The number of carbonyl (C=O) groups is 1. The lowest BCUT2D eigenvalue weighted by Gasteiger charge is -2.44. The van der Waals surface area contributed by atoms with E-state index in [2.05, 4.69) is 35.3 Å². The molecule has 5 heteroatoms. The number of piperidine rings is 1. The normalized spacial score (nSPS) is 17.6. The summed E-state index contributed by atoms with van der Waals surface area (Å²) in [4.78, 5) is 18.4. The largest absolute Gasteiger partial charge is 0.487 e. The first-order valence-electron chi connectivity index (χ1n) is 10.7. The maximum atomic E-state index is 12.0. The van der Waals surface area contributed by atoms with Crippen molar-refractivity contribution in [1.82, 2.24) is 9.88 Å². The molecule has 0 aliphatic carbocycles. The number of aryl methyl sites for hydroxylation is 1. The van der Waals surface area contributed by atoms with Crippen LogP contribution in [0.1, 0.15) is 38.2 Å². The molecule has 2 aliphatic rings. The highest BCUT2D eigenvalue weighted by atomic mass is 35.5. The van der Waals surface area contributed by atoms with Crippen molar-refractivity contribution in [1.29, 1.82) is 0 Å². The van der Waals surface area contributed by atoms with E-state index in [1.54, 1.807) is 6.20 Å². The van der Waals surface area contributed by atoms with Crippen molar-refractivity contribution in [2.75, 3.05) is 13.1 Å². The zero-order valence-electron chi connectivity index (χ0n) is 17.2. The molecular weight excluding hydrogens is 396 g/mol. The van der Waals surface area contributed by atoms with Crippen molar-refractivity contribution in [3.05, 3.63) is 59.2 Å². The predicted octanol–water partition coefficient (Wildman–Crippen LogP) is 5.65. The quantitative estimate of drug-likeness (QED) is 0.537. The van der Waals surface area contributed by atoms with Gasteiger partial charge < -0.3 is 9.64 Å². The number of rotatable bonds is 2. The summed E-state index contributed by atoms with van der Waals surface area (Å²) in [5.41, 5.74) is 4.01. The molecule has 3 aromatic rings. The van der Waals surface area contributed by atoms with E-state index in [1.807, 2.05) is 24.0 Å². The van der Waals surface area contributed by atoms with Crippen LogP contribution in [0.4, 0.5) is 0 Å². The molecule has 0 saturated carbocycles. The summed E-state index contributed by atoms with van der Waals surface area (Å²) >= 11 is 6.70. The topological polar surface area (TPSA) is 42.4 Å². The van der Waals surface area contributed by atoms with Gasteiger partial charge in [0.15, 0.2) is 0 Å². The minimum absolute atomic E-state index is 0.135. The highest BCUT2D eigenvalue weighted by Crippen LogP contribution is 2.42. The first-order chi connectivity index (χ1) is 14.6. The molecule has 1 spiro atoms. The predicted molar refractivity (Wildman–Crippen MR) is 120 cm³/mol. The molecule has 1 saturated heterocycles. The fourth-order valence-corrected chi connectivity index (χ4v) is 5.09. The Kier molecular flexibility index (Phi) is 4.90. The molecule has 154 valence electrons. The lowest BCUT2D eigenvalue weighted by atomic mass is 9.82. The van der Waals surface area contributed by atoms with Crippen molar-refractivity contribution < 1.29 is 9.53 Å². The minimum atomic E-state index is -0.135. The number of amides is 1. The molecule has 4 nitrogen and oxygen atoms in total. The summed E-state index contributed by atoms with van der Waals surface area (Å²) in [6.07, 6.45) is 6.13. The molecule has 30 heavy (non-hydrogen) atoms. The van der Waals surface area contributed by atoms with Crippen LogP contribution in [0.2, 0.25) is 5.02 Å². The van der Waals surface area contributed by atoms with E-state index >= 15 is 0 Å². The molecule has 0 unspecified atom stereocenters. The second-order valence-electron chi connectivity index (χ2n) is 8.34. The lowest BCUT2D eigenvalue weighted by molar-refractivity contribution is -0.134. The second-order valence-corrected chi connectivity index (χ2v) is 8.72. The standard InChI is InChI=1S/C25H25ClN2O2/c1-2-22(29)28-14-11-25(12-15-28)10-9-19-16-18(6-8-21(19)30-25)20-7-5-17-4-3-13-27-24(17)23(20)26/h3-8,13,16H,2,9-12,14-15H2,1H3. The second kappa shape index (κ2) is 7.59. The Labute approximate surface area is 181 Å². The summed E-state index contributed by atoms with van der Waals surface area (Å²) in [6, 6.07) is 14.5. The third-order valence-corrected chi connectivity index (χ3v) is 6.97. The fraction of sp³-hybridized carbons (Fsp3) is 0.360. The molecule has 0 N–H and O–H groups in total. The highest BCUT2D eigenvalue weighted by molar-refractivity contribution is 6.37. The van der Waals surface area contributed by atoms with Crippen molar-refractivity contribution in [3.8, 4) is 16.9 Å². The van der Waals surface area contributed by atoms with Crippen LogP contribution in [0, 0.1) is 0 Å². The van der Waals surface area contributed by atoms with Gasteiger partial charge in [-0.25, -0.2) is 0 Å². The van der Waals surface area contributed by atoms with Gasteiger partial charge in [0, 0.05) is 49.5 Å². The Balaban J connectivity index is 1.39. The molecule has 1 amide bonds. The van der Waals surface area contributed by atoms with Gasteiger partial charge in [0.1, 0.15) is 11.4 Å². The molecule has 0 radical (unpaired) electrons. The van der Waals surface area contributed by atoms with Crippen LogP contribution in [-0.2, 0) is 11.2 Å². The van der Waals surface area contributed by atoms with E-state index in [1.165, 1.54) is 5.56 Å². The number of ether oxygens (including phenoxy) is 1. The van der Waals surface area contributed by atoms with Crippen LogP contribution < -0.4 is 4.74 Å². The first-order valence-corrected chi connectivity index (χ1v) is 11.1. The third kappa shape index (κ3) is 3.33. The minimum Gasteiger partial charge on any atom is -0.487 e. The number of hydrogen-bond acceptors (Lipinski definition) is 3. The SMILES string of the molecule is CCC(=O)N1CCC2(CCc3cc(-c4ccc5cccnc5c4Cl)ccc3O2)CC1. The van der Waals surface area contributed by atoms with Gasteiger partial charge in [-0.05, 0) is 42.2 Å². The summed E-state index contributed by atoms with van der Waals surface area (Å²) in [6.45, 7) is 3.51. The van der Waals surface area contributed by atoms with Crippen molar-refractivity contribution in [2.45, 2.75) is 44.6 Å². The smallest absolute Gasteiger partial charge is 0.222 e. The maximum absolute atomic E-state index is 12.0. The van der Waals surface area contributed by atoms with Crippen molar-refractivity contribution in [2.24, 2.45) is 0 Å². The molecule has 1 aromatic heterocycles. The van der Waals surface area contributed by atoms with Gasteiger partial charge in [-0.2, -0.15) is 0 Å². The van der Waals surface area contributed by atoms with Gasteiger partial charge in [0.25, 0.3) is 0 Å². The Morgan fingerprint density at radius 3 is 2.80 bits per heavy atom.